The van der Waals surface area contributed by atoms with Crippen LogP contribution in [0.2, 0.25) is 0 Å². The van der Waals surface area contributed by atoms with Crippen LogP contribution in [0.3, 0.4) is 0 Å². The summed E-state index contributed by atoms with van der Waals surface area (Å²) in [5.74, 6) is -1.63. The number of likely N-dealkylation sites (tertiary alicyclic amines) is 2. The van der Waals surface area contributed by atoms with Crippen LogP contribution < -0.4 is 0 Å². The van der Waals surface area contributed by atoms with Crippen LogP contribution >= 0.6 is 0 Å². The van der Waals surface area contributed by atoms with E-state index in [2.05, 4.69) is 0 Å². The molecule has 1 radical (unpaired) electrons. The van der Waals surface area contributed by atoms with Gasteiger partial charge in [-0.15, -0.1) is 0 Å². The first kappa shape index (κ1) is 22.7. The number of amides is 8. The molecule has 0 saturated carbocycles. The first-order valence-electron chi connectivity index (χ1n) is 6.10. The Labute approximate surface area is 165 Å². The van der Waals surface area contributed by atoms with Crippen molar-refractivity contribution in [2.24, 2.45) is 0 Å². The maximum absolute atomic E-state index is 10.6. The number of hydrogen-bond acceptors (Lipinski definition) is 8. The Balaban J connectivity index is 0.000000443. The molecule has 0 atom stereocenters. The molecule has 8 amide bonds. The van der Waals surface area contributed by atoms with Crippen molar-refractivity contribution in [3.8, 4) is 0 Å². The van der Waals surface area contributed by atoms with Crippen LogP contribution in [0.5, 0.6) is 0 Å². The summed E-state index contributed by atoms with van der Waals surface area (Å²) in [6.45, 7) is -0.769. The summed E-state index contributed by atoms with van der Waals surface area (Å²) >= 11 is 0. The molecule has 0 unspecified atom stereocenters. The zero-order valence-corrected chi connectivity index (χ0v) is 15.3. The molecule has 25 heavy (non-hydrogen) atoms. The van der Waals surface area contributed by atoms with E-state index < -0.39 is 23.6 Å². The minimum Gasteiger partial charge on any atom is -0.619 e. The normalized spacial score (nSPS) is 14.9. The number of rotatable bonds is 8. The third-order valence-electron chi connectivity index (χ3n) is 2.82. The largest absolute Gasteiger partial charge is 0.619 e. The zero-order valence-electron chi connectivity index (χ0n) is 12.5. The minimum absolute atomic E-state index is 0. The summed E-state index contributed by atoms with van der Waals surface area (Å²) in [5.41, 5.74) is 0. The first-order chi connectivity index (χ1) is 11.4. The fraction of sp³-hybridized carbons (Fsp3) is 0.333. The molecular weight excluding hydrogens is 417 g/mol. The van der Waals surface area contributed by atoms with Crippen LogP contribution in [0.4, 0.5) is 0 Å². The van der Waals surface area contributed by atoms with Gasteiger partial charge in [-0.3, -0.25) is 29.0 Å². The van der Waals surface area contributed by atoms with Gasteiger partial charge in [0.1, 0.15) is 12.8 Å². The van der Waals surface area contributed by atoms with E-state index in [-0.39, 0.29) is 58.9 Å². The van der Waals surface area contributed by atoms with Crippen molar-refractivity contribution < 1.29 is 71.1 Å². The molecule has 2 fully saturated rings. The van der Waals surface area contributed by atoms with E-state index in [1.165, 1.54) is 25.6 Å². The summed E-state index contributed by atoms with van der Waals surface area (Å²) in [7, 11) is 0. The van der Waals surface area contributed by atoms with Crippen molar-refractivity contribution in [1.29, 1.82) is 0 Å². The molecule has 2 aliphatic rings. The monoisotopic (exact) mass is 425 g/mol. The number of carbonyl (C=O) groups excluding carboxylic acids is 8. The molecular formula is C12H8N4O8Y-4. The fourth-order valence-corrected chi connectivity index (χ4v) is 1.49. The Morgan fingerprint density at radius 2 is 0.880 bits per heavy atom. The molecule has 13 heteroatoms. The summed E-state index contributed by atoms with van der Waals surface area (Å²) in [6, 6.07) is 0. The van der Waals surface area contributed by atoms with Gasteiger partial charge < -0.3 is 29.0 Å². The molecule has 12 nitrogen and oxygen atoms in total. The topological polar surface area (TPSA) is 150 Å². The molecule has 0 aromatic carbocycles. The van der Waals surface area contributed by atoms with E-state index in [0.717, 1.165) is 9.80 Å². The van der Waals surface area contributed by atoms with Crippen LogP contribution in [0.25, 0.3) is 0 Å². The third kappa shape index (κ3) is 5.91. The number of imide groups is 4. The van der Waals surface area contributed by atoms with Crippen molar-refractivity contribution in [3.63, 3.8) is 0 Å². The maximum Gasteiger partial charge on any atom is 0.239 e. The Morgan fingerprint density at radius 1 is 0.640 bits per heavy atom. The first-order valence-corrected chi connectivity index (χ1v) is 6.10. The molecule has 0 N–H and O–H groups in total. The molecule has 0 aromatic heterocycles. The summed E-state index contributed by atoms with van der Waals surface area (Å²) in [6.07, 6.45) is 4.50. The second-order valence-corrected chi connectivity index (χ2v) is 4.29. The molecule has 131 valence electrons. The molecule has 2 heterocycles. The summed E-state index contributed by atoms with van der Waals surface area (Å²) in [4.78, 5) is 84.6. The average Bonchev–Trinajstić information content (AvgIpc) is 2.57. The van der Waals surface area contributed by atoms with Crippen molar-refractivity contribution in [1.82, 2.24) is 19.6 Å². The quantitative estimate of drug-likeness (QED) is 0.167. The minimum atomic E-state index is -0.407. The van der Waals surface area contributed by atoms with Crippen molar-refractivity contribution in [2.45, 2.75) is 12.8 Å². The Morgan fingerprint density at radius 3 is 1.04 bits per heavy atom. The van der Waals surface area contributed by atoms with Gasteiger partial charge in [0.2, 0.25) is 23.6 Å². The summed E-state index contributed by atoms with van der Waals surface area (Å²) < 4.78 is 0. The van der Waals surface area contributed by atoms with Crippen LogP contribution in [0.15, 0.2) is 0 Å². The van der Waals surface area contributed by atoms with Gasteiger partial charge in [-0.05, 0) is 0 Å². The van der Waals surface area contributed by atoms with Gasteiger partial charge in [-0.2, -0.15) is 25.6 Å². The third-order valence-corrected chi connectivity index (χ3v) is 2.82. The molecule has 0 bridgehead atoms. The average molecular weight is 425 g/mol. The predicted molar refractivity (Wildman–Crippen MR) is 69.1 cm³/mol. The van der Waals surface area contributed by atoms with Crippen LogP contribution in [0, 0.1) is 0 Å². The van der Waals surface area contributed by atoms with E-state index >= 15 is 0 Å². The van der Waals surface area contributed by atoms with Gasteiger partial charge in [-0.1, -0.05) is 0 Å². The van der Waals surface area contributed by atoms with E-state index in [1.54, 1.807) is 0 Å². The van der Waals surface area contributed by atoms with Crippen molar-refractivity contribution >= 4 is 49.3 Å². The number of carbonyl (C=O) groups is 4. The zero-order chi connectivity index (χ0) is 18.3. The summed E-state index contributed by atoms with van der Waals surface area (Å²) in [5, 5.41) is 0. The molecule has 2 aliphatic heterocycles. The van der Waals surface area contributed by atoms with Crippen molar-refractivity contribution in [2.75, 3.05) is 13.3 Å². The Kier molecular flexibility index (Phi) is 9.53. The molecule has 2 saturated heterocycles. The van der Waals surface area contributed by atoms with Crippen molar-refractivity contribution in [3.05, 3.63) is 0 Å². The number of β-lactam (4-membered cyclic amide) rings is 4. The van der Waals surface area contributed by atoms with Crippen LogP contribution in [-0.2, 0) is 71.1 Å². The van der Waals surface area contributed by atoms with Gasteiger partial charge in [0.05, 0.1) is 13.3 Å². The van der Waals surface area contributed by atoms with Gasteiger partial charge in [0.15, 0.2) is 0 Å². The predicted octanol–water partition coefficient (Wildman–Crippen LogP) is -3.72. The second-order valence-electron chi connectivity index (χ2n) is 4.29. The number of nitrogens with zero attached hydrogens (tertiary/aromatic N) is 4. The molecule has 2 rings (SSSR count). The number of hydrogen-bond donors (Lipinski definition) is 0. The van der Waals surface area contributed by atoms with Gasteiger partial charge in [0.25, 0.3) is 0 Å². The van der Waals surface area contributed by atoms with Gasteiger partial charge >= 0.3 is 0 Å². The van der Waals surface area contributed by atoms with E-state index in [9.17, 15) is 38.4 Å². The molecule has 0 aliphatic carbocycles. The second kappa shape index (κ2) is 10.5. The Hall–Kier alpha value is -2.34. The fourth-order valence-electron chi connectivity index (χ4n) is 1.49. The molecule has 0 aromatic rings. The molecule has 0 spiro atoms. The van der Waals surface area contributed by atoms with Crippen LogP contribution in [-0.4, -0.2) is 82.2 Å². The van der Waals surface area contributed by atoms with E-state index in [1.807, 2.05) is 0 Å². The maximum atomic E-state index is 10.6. The van der Waals surface area contributed by atoms with E-state index in [0.29, 0.717) is 9.80 Å². The Bertz CT molecular complexity index is 514. The SMILES string of the molecule is O=[C-]N([C-]=O)CN1C(=O)CC1=O.O=[C-]N([C-]=O)CN1C(=O)CC1=O.[Y]. The smallest absolute Gasteiger partial charge is 0.239 e. The van der Waals surface area contributed by atoms with Crippen LogP contribution in [0.1, 0.15) is 12.8 Å². The van der Waals surface area contributed by atoms with Gasteiger partial charge in [-0.25, -0.2) is 0 Å². The van der Waals surface area contributed by atoms with Gasteiger partial charge in [0, 0.05) is 32.7 Å². The van der Waals surface area contributed by atoms with E-state index in [4.69, 9.17) is 0 Å². The standard InChI is InChI=1S/2C6H4N2O4.Y/c2*9-3-7(4-10)2-8-5(11)1-6(8)12;/h2*1-2H2;/q2*-2;.